The van der Waals surface area contributed by atoms with Gasteiger partial charge in [-0.3, -0.25) is 0 Å². The van der Waals surface area contributed by atoms with E-state index in [0.29, 0.717) is 0 Å². The smallest absolute Gasteiger partial charge is 0.135 e. The average Bonchev–Trinajstić information content (AvgIpc) is 2.99. The second kappa shape index (κ2) is 7.50. The maximum absolute atomic E-state index is 3.76. The summed E-state index contributed by atoms with van der Waals surface area (Å²) in [6, 6.07) is 19.7. The molecule has 0 saturated carbocycles. The average molecular weight is 358 g/mol. The zero-order chi connectivity index (χ0) is 14.6. The first-order valence-electron chi connectivity index (χ1n) is 7.36. The predicted octanol–water partition coefficient (Wildman–Crippen LogP) is 5.06. The summed E-state index contributed by atoms with van der Waals surface area (Å²) in [6.07, 6.45) is 0. The number of hydrogen-bond donors (Lipinski definition) is 2. The van der Waals surface area contributed by atoms with Gasteiger partial charge in [0.05, 0.1) is 0 Å². The fraction of sp³-hybridized carbons (Fsp3) is 0.375. The van der Waals surface area contributed by atoms with Crippen LogP contribution in [0.3, 0.4) is 0 Å². The van der Waals surface area contributed by atoms with E-state index in [1.165, 1.54) is 23.5 Å². The first kappa shape index (κ1) is 18.3. The summed E-state index contributed by atoms with van der Waals surface area (Å²) in [5.41, 5.74) is 2.57. The molecule has 21 heavy (non-hydrogen) atoms. The van der Waals surface area contributed by atoms with Crippen LogP contribution in [0.2, 0.25) is 38.3 Å². The summed E-state index contributed by atoms with van der Waals surface area (Å²) < 4.78 is 0. The van der Waals surface area contributed by atoms with Gasteiger partial charge in [0.25, 0.3) is 0 Å². The van der Waals surface area contributed by atoms with E-state index in [-0.39, 0.29) is 17.1 Å². The Morgan fingerprint density at radius 2 is 1.33 bits per heavy atom. The van der Waals surface area contributed by atoms with E-state index in [1.54, 1.807) is 0 Å². The number of rotatable bonds is 7. The topological polar surface area (TPSA) is 24.1 Å². The fourth-order valence-corrected chi connectivity index (χ4v) is 9.59. The molecular weight excluding hydrogens is 332 g/mol. The molecule has 2 aromatic rings. The van der Waals surface area contributed by atoms with Gasteiger partial charge in [-0.25, -0.2) is 12.1 Å². The Bertz CT molecular complexity index is 456. The quantitative estimate of drug-likeness (QED) is 0.534. The summed E-state index contributed by atoms with van der Waals surface area (Å²) in [7, 11) is -2.75. The van der Waals surface area contributed by atoms with Gasteiger partial charge in [-0.2, -0.15) is 12.1 Å². The van der Waals surface area contributed by atoms with Gasteiger partial charge in [0.15, 0.2) is 0 Å². The van der Waals surface area contributed by atoms with E-state index >= 15 is 0 Å². The number of hydrogen-bond acceptors (Lipinski definition) is 2. The molecule has 0 amide bonds. The van der Waals surface area contributed by atoms with Gasteiger partial charge in [-0.05, 0) is 12.1 Å². The van der Waals surface area contributed by atoms with Crippen molar-refractivity contribution in [3.63, 3.8) is 0 Å². The standard InChI is InChI=1S/C16H26N2Si2.Fe/c1-19(2,17-15-9-5-6-10-15)13-14-20(3,4)18-16-11-7-8-12-16;/h5-12,17-18H,13-14H2,1-4H3;/q-6;. The van der Waals surface area contributed by atoms with E-state index in [2.05, 4.69) is 84.7 Å². The van der Waals surface area contributed by atoms with Crippen LogP contribution in [-0.2, 0) is 17.1 Å². The van der Waals surface area contributed by atoms with Gasteiger partial charge < -0.3 is 39.9 Å². The minimum absolute atomic E-state index is 0. The molecule has 2 N–H and O–H groups in total. The molecule has 0 atom stereocenters. The van der Waals surface area contributed by atoms with Crippen molar-refractivity contribution < 1.29 is 17.1 Å². The molecule has 0 bridgehead atoms. The van der Waals surface area contributed by atoms with E-state index < -0.39 is 16.5 Å². The van der Waals surface area contributed by atoms with Gasteiger partial charge in [0.1, 0.15) is 16.5 Å². The molecule has 0 aliphatic heterocycles. The Hall–Kier alpha value is -0.747. The number of anilines is 2. The SMILES string of the molecule is C[Si](C)(CC[Si](C)(C)N[c-]1[cH-][cH-][cH-][cH-]1)N[c-]1cccc1.[Fe]. The third-order valence-electron chi connectivity index (χ3n) is 3.67. The Morgan fingerprint density at radius 1 is 0.857 bits per heavy atom. The molecule has 0 heterocycles. The van der Waals surface area contributed by atoms with Crippen LogP contribution in [0.1, 0.15) is 0 Å². The summed E-state index contributed by atoms with van der Waals surface area (Å²) in [4.78, 5) is 7.53. The van der Waals surface area contributed by atoms with Crippen molar-refractivity contribution in [2.45, 2.75) is 38.3 Å². The molecule has 2 aromatic carbocycles. The van der Waals surface area contributed by atoms with E-state index in [9.17, 15) is 0 Å². The normalized spacial score (nSPS) is 11.8. The maximum Gasteiger partial charge on any atom is 0.135 e. The zero-order valence-electron chi connectivity index (χ0n) is 13.4. The van der Waals surface area contributed by atoms with Gasteiger partial charge in [-0.1, -0.05) is 31.9 Å². The maximum atomic E-state index is 3.76. The largest absolute Gasteiger partial charge is 0.746 e. The minimum Gasteiger partial charge on any atom is -0.746 e. The van der Waals surface area contributed by atoms with Gasteiger partial charge >= 0.3 is 0 Å². The molecule has 0 fully saturated rings. The zero-order valence-corrected chi connectivity index (χ0v) is 16.5. The van der Waals surface area contributed by atoms with Crippen LogP contribution in [-0.4, -0.2) is 16.5 Å². The van der Waals surface area contributed by atoms with E-state index in [4.69, 9.17) is 0 Å². The van der Waals surface area contributed by atoms with Crippen LogP contribution in [0.15, 0.2) is 48.5 Å². The van der Waals surface area contributed by atoms with Crippen molar-refractivity contribution in [2.75, 3.05) is 9.96 Å². The first-order valence-corrected chi connectivity index (χ1v) is 13.8. The summed E-state index contributed by atoms with van der Waals surface area (Å²) in [5.74, 6) is 0. The Balaban J connectivity index is 0.00000220. The van der Waals surface area contributed by atoms with Crippen LogP contribution < -0.4 is 9.96 Å². The van der Waals surface area contributed by atoms with Gasteiger partial charge in [0.2, 0.25) is 0 Å². The predicted molar refractivity (Wildman–Crippen MR) is 95.9 cm³/mol. The molecule has 5 heteroatoms. The third-order valence-corrected chi connectivity index (χ3v) is 9.10. The molecule has 0 saturated heterocycles. The first-order chi connectivity index (χ1) is 9.36. The van der Waals surface area contributed by atoms with Crippen molar-refractivity contribution in [3.8, 4) is 0 Å². The van der Waals surface area contributed by atoms with Crippen LogP contribution >= 0.6 is 0 Å². The molecule has 2 nitrogen and oxygen atoms in total. The third kappa shape index (κ3) is 6.26. The Labute approximate surface area is 141 Å². The summed E-state index contributed by atoms with van der Waals surface area (Å²) >= 11 is 0. The Kier molecular flexibility index (Phi) is 6.53. The van der Waals surface area contributed by atoms with Crippen LogP contribution in [0.25, 0.3) is 0 Å². The van der Waals surface area contributed by atoms with Crippen molar-refractivity contribution in [2.24, 2.45) is 0 Å². The molecule has 0 spiro atoms. The molecule has 0 aromatic heterocycles. The minimum atomic E-state index is -1.37. The van der Waals surface area contributed by atoms with Gasteiger partial charge in [0, 0.05) is 17.1 Å². The molecule has 0 aliphatic carbocycles. The van der Waals surface area contributed by atoms with Crippen molar-refractivity contribution >= 4 is 27.8 Å². The van der Waals surface area contributed by atoms with Crippen molar-refractivity contribution in [3.05, 3.63) is 48.5 Å². The second-order valence-electron chi connectivity index (χ2n) is 6.86. The molecular formula is C16H26FeN2Si2-6. The van der Waals surface area contributed by atoms with E-state index in [1.807, 2.05) is 0 Å². The fourth-order valence-electron chi connectivity index (χ4n) is 2.45. The van der Waals surface area contributed by atoms with Crippen LogP contribution in [0.5, 0.6) is 0 Å². The van der Waals surface area contributed by atoms with Crippen molar-refractivity contribution in [1.29, 1.82) is 0 Å². The Morgan fingerprint density at radius 3 is 1.86 bits per heavy atom. The molecule has 2 rings (SSSR count). The van der Waals surface area contributed by atoms with Crippen LogP contribution in [0.4, 0.5) is 11.4 Å². The molecule has 0 unspecified atom stereocenters. The van der Waals surface area contributed by atoms with Gasteiger partial charge in [-0.15, -0.1) is 0 Å². The van der Waals surface area contributed by atoms with Crippen LogP contribution in [0, 0.1) is 0 Å². The second-order valence-corrected chi connectivity index (χ2v) is 15.9. The van der Waals surface area contributed by atoms with Crippen molar-refractivity contribution in [1.82, 2.24) is 0 Å². The summed E-state index contributed by atoms with van der Waals surface area (Å²) in [6.45, 7) is 9.69. The summed E-state index contributed by atoms with van der Waals surface area (Å²) in [5, 5.41) is 0. The number of nitrogens with one attached hydrogen (secondary N) is 2. The monoisotopic (exact) mass is 358 g/mol. The molecule has 122 valence electrons. The molecule has 0 aliphatic rings. The van der Waals surface area contributed by atoms with E-state index in [0.717, 1.165) is 0 Å². The molecule has 0 radical (unpaired) electrons.